The van der Waals surface area contributed by atoms with Crippen LogP contribution in [0, 0.1) is 12.7 Å². The van der Waals surface area contributed by atoms with Crippen LogP contribution in [0.25, 0.3) is 0 Å². The van der Waals surface area contributed by atoms with Gasteiger partial charge in [0.2, 0.25) is 0 Å². The van der Waals surface area contributed by atoms with Gasteiger partial charge in [-0.15, -0.1) is 0 Å². The Kier molecular flexibility index (Phi) is 3.47. The van der Waals surface area contributed by atoms with Crippen molar-refractivity contribution in [3.63, 3.8) is 0 Å². The standard InChI is InChI=1S/C10H10ClFO2/c1-6-3-7(5-9(13)14-2)4-8(11)10(6)12/h3-4H,5H2,1-2H3. The second kappa shape index (κ2) is 4.42. The Morgan fingerprint density at radius 3 is 2.71 bits per heavy atom. The minimum atomic E-state index is -0.444. The molecular formula is C10H10ClFO2. The van der Waals surface area contributed by atoms with Crippen molar-refractivity contribution >= 4 is 17.6 Å². The SMILES string of the molecule is COC(=O)Cc1cc(C)c(F)c(Cl)c1. The van der Waals surface area contributed by atoms with Crippen LogP contribution in [0.15, 0.2) is 12.1 Å². The molecule has 0 saturated heterocycles. The predicted octanol–water partition coefficient (Wildman–Crippen LogP) is 2.50. The zero-order valence-electron chi connectivity index (χ0n) is 7.93. The largest absolute Gasteiger partial charge is 0.469 e. The van der Waals surface area contributed by atoms with Gasteiger partial charge in [-0.1, -0.05) is 17.7 Å². The zero-order valence-corrected chi connectivity index (χ0v) is 8.69. The Labute approximate surface area is 86.6 Å². The Morgan fingerprint density at radius 1 is 1.57 bits per heavy atom. The molecule has 0 bridgehead atoms. The topological polar surface area (TPSA) is 26.3 Å². The van der Waals surface area contributed by atoms with E-state index in [-0.39, 0.29) is 17.4 Å². The maximum atomic E-state index is 13.1. The number of methoxy groups -OCH3 is 1. The highest BCUT2D eigenvalue weighted by atomic mass is 35.5. The monoisotopic (exact) mass is 216 g/mol. The van der Waals surface area contributed by atoms with Crippen LogP contribution in [0.2, 0.25) is 5.02 Å². The summed E-state index contributed by atoms with van der Waals surface area (Å²) in [6, 6.07) is 3.01. The van der Waals surface area contributed by atoms with E-state index in [1.54, 1.807) is 13.0 Å². The minimum absolute atomic E-state index is 0.0314. The Bertz CT molecular complexity index is 340. The lowest BCUT2D eigenvalue weighted by molar-refractivity contribution is -0.139. The smallest absolute Gasteiger partial charge is 0.309 e. The number of carbonyl (C=O) groups is 1. The number of hydrogen-bond acceptors (Lipinski definition) is 2. The number of rotatable bonds is 2. The van der Waals surface area contributed by atoms with Crippen LogP contribution < -0.4 is 0 Å². The molecule has 76 valence electrons. The number of ether oxygens (including phenoxy) is 1. The average Bonchev–Trinajstić information content (AvgIpc) is 2.14. The lowest BCUT2D eigenvalue weighted by Crippen LogP contribution is -2.05. The number of carbonyl (C=O) groups excluding carboxylic acids is 1. The van der Waals surface area contributed by atoms with Gasteiger partial charge in [0.1, 0.15) is 5.82 Å². The Hall–Kier alpha value is -1.09. The highest BCUT2D eigenvalue weighted by Gasteiger charge is 2.08. The van der Waals surface area contributed by atoms with Gasteiger partial charge >= 0.3 is 5.97 Å². The highest BCUT2D eigenvalue weighted by Crippen LogP contribution is 2.20. The maximum absolute atomic E-state index is 13.1. The van der Waals surface area contributed by atoms with E-state index >= 15 is 0 Å². The minimum Gasteiger partial charge on any atom is -0.469 e. The first-order chi connectivity index (χ1) is 6.54. The van der Waals surface area contributed by atoms with E-state index in [4.69, 9.17) is 11.6 Å². The molecule has 0 radical (unpaired) electrons. The van der Waals surface area contributed by atoms with E-state index in [0.717, 1.165) is 0 Å². The van der Waals surface area contributed by atoms with Crippen LogP contribution in [-0.4, -0.2) is 13.1 Å². The van der Waals surface area contributed by atoms with Crippen molar-refractivity contribution in [1.82, 2.24) is 0 Å². The van der Waals surface area contributed by atoms with Gasteiger partial charge in [0.05, 0.1) is 18.6 Å². The number of esters is 1. The molecule has 0 spiro atoms. The molecule has 0 aromatic heterocycles. The molecule has 1 aromatic carbocycles. The summed E-state index contributed by atoms with van der Waals surface area (Å²) >= 11 is 5.62. The number of halogens is 2. The average molecular weight is 217 g/mol. The second-order valence-corrected chi connectivity index (χ2v) is 3.37. The van der Waals surface area contributed by atoms with E-state index in [1.807, 2.05) is 0 Å². The van der Waals surface area contributed by atoms with Gasteiger partial charge in [-0.05, 0) is 24.1 Å². The molecule has 0 N–H and O–H groups in total. The van der Waals surface area contributed by atoms with Crippen LogP contribution in [0.3, 0.4) is 0 Å². The molecule has 0 saturated carbocycles. The molecule has 2 nitrogen and oxygen atoms in total. The summed E-state index contributed by atoms with van der Waals surface area (Å²) in [6.45, 7) is 1.60. The van der Waals surface area contributed by atoms with Gasteiger partial charge in [-0.3, -0.25) is 4.79 Å². The van der Waals surface area contributed by atoms with Gasteiger partial charge in [-0.2, -0.15) is 0 Å². The molecule has 1 rings (SSSR count). The summed E-state index contributed by atoms with van der Waals surface area (Å²) in [5.74, 6) is -0.813. The van der Waals surface area contributed by atoms with E-state index < -0.39 is 5.82 Å². The Morgan fingerprint density at radius 2 is 2.21 bits per heavy atom. The third-order valence-corrected chi connectivity index (χ3v) is 2.12. The third kappa shape index (κ3) is 2.45. The van der Waals surface area contributed by atoms with Crippen molar-refractivity contribution in [2.75, 3.05) is 7.11 Å². The predicted molar refractivity (Wildman–Crippen MR) is 51.9 cm³/mol. The van der Waals surface area contributed by atoms with Crippen molar-refractivity contribution in [1.29, 1.82) is 0 Å². The van der Waals surface area contributed by atoms with Crippen LogP contribution in [0.5, 0.6) is 0 Å². The molecule has 0 aliphatic rings. The molecule has 0 atom stereocenters. The van der Waals surface area contributed by atoms with Gasteiger partial charge in [0.15, 0.2) is 0 Å². The van der Waals surface area contributed by atoms with Gasteiger partial charge in [-0.25, -0.2) is 4.39 Å². The second-order valence-electron chi connectivity index (χ2n) is 2.96. The van der Waals surface area contributed by atoms with Crippen LogP contribution >= 0.6 is 11.6 Å². The van der Waals surface area contributed by atoms with Crippen LogP contribution in [0.4, 0.5) is 4.39 Å². The fraction of sp³-hybridized carbons (Fsp3) is 0.300. The normalized spacial score (nSPS) is 10.0. The number of benzene rings is 1. The molecular weight excluding hydrogens is 207 g/mol. The van der Waals surface area contributed by atoms with E-state index in [9.17, 15) is 9.18 Å². The van der Waals surface area contributed by atoms with Crippen molar-refractivity contribution in [2.24, 2.45) is 0 Å². The van der Waals surface area contributed by atoms with Crippen molar-refractivity contribution < 1.29 is 13.9 Å². The fourth-order valence-corrected chi connectivity index (χ4v) is 1.43. The van der Waals surface area contributed by atoms with Crippen molar-refractivity contribution in [3.8, 4) is 0 Å². The molecule has 0 aliphatic heterocycles. The summed E-state index contributed by atoms with van der Waals surface area (Å²) in [7, 11) is 1.31. The fourth-order valence-electron chi connectivity index (χ4n) is 1.14. The number of aryl methyl sites for hydroxylation is 1. The van der Waals surface area contributed by atoms with Crippen molar-refractivity contribution in [3.05, 3.63) is 34.1 Å². The molecule has 1 aromatic rings. The van der Waals surface area contributed by atoms with Crippen molar-refractivity contribution in [2.45, 2.75) is 13.3 Å². The van der Waals surface area contributed by atoms with Crippen LogP contribution in [0.1, 0.15) is 11.1 Å². The lowest BCUT2D eigenvalue weighted by atomic mass is 10.1. The lowest BCUT2D eigenvalue weighted by Gasteiger charge is -2.04. The highest BCUT2D eigenvalue weighted by molar-refractivity contribution is 6.30. The molecule has 14 heavy (non-hydrogen) atoms. The maximum Gasteiger partial charge on any atom is 0.309 e. The molecule has 0 fully saturated rings. The van der Waals surface area contributed by atoms with Gasteiger partial charge in [0.25, 0.3) is 0 Å². The first-order valence-electron chi connectivity index (χ1n) is 4.06. The number of hydrogen-bond donors (Lipinski definition) is 0. The summed E-state index contributed by atoms with van der Waals surface area (Å²) in [5.41, 5.74) is 1.08. The Balaban J connectivity index is 2.95. The van der Waals surface area contributed by atoms with Crippen LogP contribution in [-0.2, 0) is 16.0 Å². The summed E-state index contributed by atoms with van der Waals surface area (Å²) in [6.07, 6.45) is 0.108. The first-order valence-corrected chi connectivity index (χ1v) is 4.43. The quantitative estimate of drug-likeness (QED) is 0.710. The molecule has 0 heterocycles. The first kappa shape index (κ1) is 11.0. The van der Waals surface area contributed by atoms with E-state index in [1.165, 1.54) is 13.2 Å². The summed E-state index contributed by atoms with van der Waals surface area (Å²) < 4.78 is 17.6. The summed E-state index contributed by atoms with van der Waals surface area (Å²) in [5, 5.41) is 0.0314. The molecule has 0 unspecified atom stereocenters. The van der Waals surface area contributed by atoms with E-state index in [2.05, 4.69) is 4.74 Å². The third-order valence-electron chi connectivity index (χ3n) is 1.85. The summed E-state index contributed by atoms with van der Waals surface area (Å²) in [4.78, 5) is 10.9. The van der Waals surface area contributed by atoms with Gasteiger partial charge < -0.3 is 4.74 Å². The molecule has 0 amide bonds. The zero-order chi connectivity index (χ0) is 10.7. The molecule has 4 heteroatoms. The van der Waals surface area contributed by atoms with E-state index in [0.29, 0.717) is 11.1 Å². The molecule has 0 aliphatic carbocycles. The van der Waals surface area contributed by atoms with Gasteiger partial charge in [0, 0.05) is 0 Å².